The van der Waals surface area contributed by atoms with Crippen molar-refractivity contribution < 1.29 is 71.2 Å². The van der Waals surface area contributed by atoms with E-state index in [1.54, 1.807) is 0 Å². The summed E-state index contributed by atoms with van der Waals surface area (Å²) in [5, 5.41) is 0. The molecular formula is C33H56O15. The molecule has 0 rings (SSSR count). The van der Waals surface area contributed by atoms with Crippen LogP contribution in [0.25, 0.3) is 0 Å². The Kier molecular flexibility index (Phi) is 32.2. The van der Waals surface area contributed by atoms with Gasteiger partial charge in [0.05, 0.1) is 119 Å². The maximum Gasteiger partial charge on any atom is 0.330 e. The fourth-order valence-corrected chi connectivity index (χ4v) is 3.40. The zero-order chi connectivity index (χ0) is 35.4. The number of carbonyl (C=O) groups is 3. The molecule has 0 aliphatic rings. The predicted molar refractivity (Wildman–Crippen MR) is 174 cm³/mol. The van der Waals surface area contributed by atoms with Gasteiger partial charge in [-0.1, -0.05) is 26.7 Å². The maximum absolute atomic E-state index is 11.0. The van der Waals surface area contributed by atoms with Crippen LogP contribution in [0.5, 0.6) is 0 Å². The van der Waals surface area contributed by atoms with Gasteiger partial charge in [0.25, 0.3) is 0 Å². The molecule has 0 radical (unpaired) electrons. The molecule has 0 fully saturated rings. The van der Waals surface area contributed by atoms with Crippen LogP contribution >= 0.6 is 0 Å². The second-order valence-electron chi connectivity index (χ2n) is 9.80. The fourth-order valence-electron chi connectivity index (χ4n) is 3.40. The largest absolute Gasteiger partial charge is 0.460 e. The van der Waals surface area contributed by atoms with Gasteiger partial charge in [0.15, 0.2) is 0 Å². The van der Waals surface area contributed by atoms with Gasteiger partial charge in [-0.25, -0.2) is 14.4 Å². The zero-order valence-electron chi connectivity index (χ0n) is 28.5. The van der Waals surface area contributed by atoms with Crippen LogP contribution in [-0.4, -0.2) is 157 Å². The van der Waals surface area contributed by atoms with Crippen LogP contribution in [0.1, 0.15) is 13.3 Å². The summed E-state index contributed by atoms with van der Waals surface area (Å²) in [4.78, 5) is 33.0. The minimum Gasteiger partial charge on any atom is -0.460 e. The van der Waals surface area contributed by atoms with Gasteiger partial charge in [-0.2, -0.15) is 0 Å². The van der Waals surface area contributed by atoms with Gasteiger partial charge < -0.3 is 56.8 Å². The summed E-state index contributed by atoms with van der Waals surface area (Å²) >= 11 is 0. The van der Waals surface area contributed by atoms with E-state index in [1.807, 2.05) is 0 Å². The molecule has 0 aromatic carbocycles. The van der Waals surface area contributed by atoms with E-state index in [-0.39, 0.29) is 39.6 Å². The van der Waals surface area contributed by atoms with Crippen LogP contribution in [0, 0.1) is 5.41 Å². The molecule has 0 aromatic rings. The summed E-state index contributed by atoms with van der Waals surface area (Å²) in [6.45, 7) is 19.1. The lowest BCUT2D eigenvalue weighted by molar-refractivity contribution is -0.140. The molecule has 0 amide bonds. The van der Waals surface area contributed by atoms with Gasteiger partial charge >= 0.3 is 17.9 Å². The molecule has 0 bridgehead atoms. The van der Waals surface area contributed by atoms with Crippen LogP contribution in [0.4, 0.5) is 0 Å². The van der Waals surface area contributed by atoms with Gasteiger partial charge in [0, 0.05) is 23.6 Å². The molecule has 0 heterocycles. The van der Waals surface area contributed by atoms with Gasteiger partial charge in [-0.05, 0) is 6.42 Å². The summed E-state index contributed by atoms with van der Waals surface area (Å²) in [5.74, 6) is -1.46. The number of rotatable bonds is 37. The van der Waals surface area contributed by atoms with Crippen LogP contribution in [0.3, 0.4) is 0 Å². The third kappa shape index (κ3) is 29.4. The monoisotopic (exact) mass is 692 g/mol. The molecule has 15 nitrogen and oxygen atoms in total. The lowest BCUT2D eigenvalue weighted by Gasteiger charge is -2.32. The van der Waals surface area contributed by atoms with E-state index >= 15 is 0 Å². The summed E-state index contributed by atoms with van der Waals surface area (Å²) in [6.07, 6.45) is 4.05. The average Bonchev–Trinajstić information content (AvgIpc) is 3.10. The molecule has 0 N–H and O–H groups in total. The highest BCUT2D eigenvalue weighted by molar-refractivity contribution is 5.81. The van der Waals surface area contributed by atoms with Crippen LogP contribution < -0.4 is 0 Å². The van der Waals surface area contributed by atoms with E-state index < -0.39 is 23.3 Å². The maximum atomic E-state index is 11.0. The minimum absolute atomic E-state index is 0.158. The molecule has 48 heavy (non-hydrogen) atoms. The van der Waals surface area contributed by atoms with Crippen molar-refractivity contribution in [2.24, 2.45) is 5.41 Å². The second kappa shape index (κ2) is 34.1. The first-order chi connectivity index (χ1) is 23.4. The zero-order valence-corrected chi connectivity index (χ0v) is 28.5. The van der Waals surface area contributed by atoms with Gasteiger partial charge in [-0.15, -0.1) is 0 Å². The molecule has 0 saturated heterocycles. The van der Waals surface area contributed by atoms with Gasteiger partial charge in [0.2, 0.25) is 0 Å². The molecule has 0 aliphatic carbocycles. The Morgan fingerprint density at radius 2 is 0.604 bits per heavy atom. The highest BCUT2D eigenvalue weighted by Gasteiger charge is 2.30. The Morgan fingerprint density at radius 3 is 0.812 bits per heavy atom. The average molecular weight is 693 g/mol. The SMILES string of the molecule is C=CC(=O)OCCOCCOCCOCC(CC)(COCCOCCOCCOC(=O)C=C)COCCOCCOCCOC(=O)C=C. The van der Waals surface area contributed by atoms with Gasteiger partial charge in [0.1, 0.15) is 19.8 Å². The Balaban J connectivity index is 4.31. The lowest BCUT2D eigenvalue weighted by Crippen LogP contribution is -2.38. The van der Waals surface area contributed by atoms with Crippen molar-refractivity contribution in [3.63, 3.8) is 0 Å². The normalized spacial score (nSPS) is 11.2. The van der Waals surface area contributed by atoms with Crippen molar-refractivity contribution in [1.29, 1.82) is 0 Å². The Bertz CT molecular complexity index is 733. The molecular weight excluding hydrogens is 636 g/mol. The summed E-state index contributed by atoms with van der Waals surface area (Å²) in [5.41, 5.74) is -0.399. The van der Waals surface area contributed by atoms with E-state index in [2.05, 4.69) is 26.7 Å². The standard InChI is InChI=1S/C33H56O15/c1-5-30(34)46-24-21-40-12-9-37-15-18-43-27-33(8-4,28-44-19-16-38-10-13-41-22-25-47-31(35)6-2)29-45-20-17-39-11-14-42-23-26-48-32(36)7-3/h5-7H,1-3,8-29H2,4H3. The molecule has 0 aliphatic heterocycles. The van der Waals surface area contributed by atoms with Crippen molar-refractivity contribution in [3.05, 3.63) is 38.0 Å². The smallest absolute Gasteiger partial charge is 0.330 e. The second-order valence-corrected chi connectivity index (χ2v) is 9.80. The molecule has 0 spiro atoms. The van der Waals surface area contributed by atoms with Crippen molar-refractivity contribution in [1.82, 2.24) is 0 Å². The quantitative estimate of drug-likeness (QED) is 0.0400. The van der Waals surface area contributed by atoms with Gasteiger partial charge in [-0.3, -0.25) is 0 Å². The number of ether oxygens (including phenoxy) is 12. The minimum atomic E-state index is -0.485. The number of esters is 3. The first kappa shape index (κ1) is 45.3. The van der Waals surface area contributed by atoms with Crippen LogP contribution in [-0.2, 0) is 71.2 Å². The number of hydrogen-bond donors (Lipinski definition) is 0. The highest BCUT2D eigenvalue weighted by atomic mass is 16.6. The van der Waals surface area contributed by atoms with Crippen molar-refractivity contribution >= 4 is 17.9 Å². The van der Waals surface area contributed by atoms with Crippen LogP contribution in [0.2, 0.25) is 0 Å². The van der Waals surface area contributed by atoms with E-state index in [9.17, 15) is 14.4 Å². The molecule has 0 saturated carbocycles. The van der Waals surface area contributed by atoms with E-state index in [4.69, 9.17) is 56.8 Å². The van der Waals surface area contributed by atoms with E-state index in [0.29, 0.717) is 99.1 Å². The first-order valence-corrected chi connectivity index (χ1v) is 16.0. The Morgan fingerprint density at radius 1 is 0.396 bits per heavy atom. The summed E-state index contributed by atoms with van der Waals surface area (Å²) in [6, 6.07) is 0. The third-order valence-electron chi connectivity index (χ3n) is 6.12. The molecule has 0 unspecified atom stereocenters. The Labute approximate surface area is 284 Å². The predicted octanol–water partition coefficient (Wildman–Crippen LogP) is 1.72. The van der Waals surface area contributed by atoms with Crippen molar-refractivity contribution in [3.8, 4) is 0 Å². The molecule has 0 atom stereocenters. The molecule has 15 heteroatoms. The fraction of sp³-hybridized carbons (Fsp3) is 0.727. The number of carbonyl (C=O) groups excluding carboxylic acids is 3. The summed E-state index contributed by atoms with van der Waals surface area (Å²) in [7, 11) is 0. The number of hydrogen-bond acceptors (Lipinski definition) is 15. The van der Waals surface area contributed by atoms with Crippen molar-refractivity contribution in [2.75, 3.05) is 139 Å². The molecule has 0 aromatic heterocycles. The summed E-state index contributed by atoms with van der Waals surface area (Å²) < 4.78 is 65.0. The lowest BCUT2D eigenvalue weighted by atomic mass is 9.88. The van der Waals surface area contributed by atoms with Crippen molar-refractivity contribution in [2.45, 2.75) is 13.3 Å². The Hall–Kier alpha value is -2.73. The van der Waals surface area contributed by atoms with E-state index in [1.165, 1.54) is 0 Å². The van der Waals surface area contributed by atoms with Crippen LogP contribution in [0.15, 0.2) is 38.0 Å². The first-order valence-electron chi connectivity index (χ1n) is 16.0. The highest BCUT2D eigenvalue weighted by Crippen LogP contribution is 2.24. The molecule has 278 valence electrons. The topological polar surface area (TPSA) is 162 Å². The third-order valence-corrected chi connectivity index (χ3v) is 6.12. The van der Waals surface area contributed by atoms with E-state index in [0.717, 1.165) is 24.6 Å².